The maximum Gasteiger partial charge on any atom is 0.185 e. The highest BCUT2D eigenvalue weighted by atomic mass is 79.9. The first kappa shape index (κ1) is 15.8. The van der Waals surface area contributed by atoms with Gasteiger partial charge in [0.2, 0.25) is 0 Å². The Morgan fingerprint density at radius 2 is 2.00 bits per heavy atom. The van der Waals surface area contributed by atoms with E-state index in [2.05, 4.69) is 67.0 Å². The quantitative estimate of drug-likeness (QED) is 0.704. The van der Waals surface area contributed by atoms with Gasteiger partial charge in [0.1, 0.15) is 0 Å². The lowest BCUT2D eigenvalue weighted by molar-refractivity contribution is 0.860. The van der Waals surface area contributed by atoms with Gasteiger partial charge in [-0.05, 0) is 48.0 Å². The molecule has 0 aliphatic heterocycles. The molecule has 0 aliphatic carbocycles. The summed E-state index contributed by atoms with van der Waals surface area (Å²) < 4.78 is 2.13. The van der Waals surface area contributed by atoms with Crippen molar-refractivity contribution in [3.63, 3.8) is 0 Å². The summed E-state index contributed by atoms with van der Waals surface area (Å²) in [5.41, 5.74) is 1.08. The van der Waals surface area contributed by atoms with Crippen LogP contribution in [0.5, 0.6) is 0 Å². The Kier molecular flexibility index (Phi) is 5.86. The van der Waals surface area contributed by atoms with Crippen LogP contribution in [0.3, 0.4) is 0 Å². The number of benzene rings is 1. The topological polar surface area (TPSA) is 28.2 Å². The molecule has 0 aliphatic rings. The number of anilines is 2. The molecule has 2 aromatic rings. The molecule has 3 nitrogen and oxygen atoms in total. The monoisotopic (exact) mass is 417 g/mol. The number of nitrogens with one attached hydrogen (secondary N) is 1. The molecule has 0 saturated heterocycles. The van der Waals surface area contributed by atoms with Gasteiger partial charge in [-0.25, -0.2) is 4.98 Å². The summed E-state index contributed by atoms with van der Waals surface area (Å²) in [7, 11) is 0. The van der Waals surface area contributed by atoms with Gasteiger partial charge in [0.15, 0.2) is 5.13 Å². The second kappa shape index (κ2) is 7.43. The van der Waals surface area contributed by atoms with Gasteiger partial charge in [0, 0.05) is 38.8 Å². The fourth-order valence-electron chi connectivity index (χ4n) is 1.83. The van der Waals surface area contributed by atoms with Gasteiger partial charge in [-0.15, -0.1) is 11.3 Å². The molecule has 108 valence electrons. The van der Waals surface area contributed by atoms with Crippen LogP contribution in [0.1, 0.15) is 18.7 Å². The van der Waals surface area contributed by atoms with Gasteiger partial charge in [-0.1, -0.05) is 15.9 Å². The molecule has 0 atom stereocenters. The first-order chi connectivity index (χ1) is 9.63. The first-order valence-electron chi connectivity index (χ1n) is 6.52. The van der Waals surface area contributed by atoms with Crippen molar-refractivity contribution < 1.29 is 0 Å². The smallest absolute Gasteiger partial charge is 0.185 e. The Morgan fingerprint density at radius 3 is 2.70 bits per heavy atom. The summed E-state index contributed by atoms with van der Waals surface area (Å²) in [6.45, 7) is 7.08. The Hall–Kier alpha value is -0.590. The van der Waals surface area contributed by atoms with Crippen LogP contribution in [0.25, 0.3) is 0 Å². The zero-order chi connectivity index (χ0) is 14.5. The molecule has 0 fully saturated rings. The van der Waals surface area contributed by atoms with E-state index in [0.717, 1.165) is 39.4 Å². The van der Waals surface area contributed by atoms with Crippen molar-refractivity contribution in [3.05, 3.63) is 38.2 Å². The van der Waals surface area contributed by atoms with Crippen LogP contribution in [-0.2, 0) is 6.54 Å². The van der Waals surface area contributed by atoms with Crippen LogP contribution in [-0.4, -0.2) is 18.1 Å². The van der Waals surface area contributed by atoms with Crippen LogP contribution in [0.15, 0.2) is 33.3 Å². The van der Waals surface area contributed by atoms with E-state index in [-0.39, 0.29) is 0 Å². The van der Waals surface area contributed by atoms with Crippen LogP contribution in [0.2, 0.25) is 0 Å². The Labute approximate surface area is 140 Å². The van der Waals surface area contributed by atoms with Gasteiger partial charge >= 0.3 is 0 Å². The summed E-state index contributed by atoms with van der Waals surface area (Å²) in [4.78, 5) is 8.00. The Balaban J connectivity index is 2.02. The third-order valence-electron chi connectivity index (χ3n) is 2.96. The molecule has 6 heteroatoms. The highest BCUT2D eigenvalue weighted by molar-refractivity contribution is 9.11. The second-order valence-corrected chi connectivity index (χ2v) is 7.12. The summed E-state index contributed by atoms with van der Waals surface area (Å²) in [6.07, 6.45) is 1.96. The Bertz CT molecular complexity index is 567. The number of thiazole rings is 1. The minimum Gasteiger partial charge on any atom is -0.379 e. The highest BCUT2D eigenvalue weighted by Crippen LogP contribution is 2.28. The van der Waals surface area contributed by atoms with Gasteiger partial charge in [0.05, 0.1) is 6.54 Å². The van der Waals surface area contributed by atoms with Gasteiger partial charge in [-0.3, -0.25) is 0 Å². The van der Waals surface area contributed by atoms with Crippen molar-refractivity contribution in [1.29, 1.82) is 0 Å². The van der Waals surface area contributed by atoms with E-state index < -0.39 is 0 Å². The zero-order valence-corrected chi connectivity index (χ0v) is 15.5. The summed E-state index contributed by atoms with van der Waals surface area (Å²) in [6, 6.07) is 6.11. The van der Waals surface area contributed by atoms with E-state index >= 15 is 0 Å². The number of hydrogen-bond acceptors (Lipinski definition) is 4. The third kappa shape index (κ3) is 3.96. The largest absolute Gasteiger partial charge is 0.379 e. The average Bonchev–Trinajstić information content (AvgIpc) is 2.90. The fraction of sp³-hybridized carbons (Fsp3) is 0.357. The SMILES string of the molecule is CCN(CC)c1ncc(CNc2cc(Br)ccc2Br)s1. The van der Waals surface area contributed by atoms with E-state index in [1.54, 1.807) is 11.3 Å². The van der Waals surface area contributed by atoms with Gasteiger partial charge in [0.25, 0.3) is 0 Å². The molecule has 0 spiro atoms. The summed E-state index contributed by atoms with van der Waals surface area (Å²) in [5, 5.41) is 4.53. The molecular weight excluding hydrogens is 402 g/mol. The molecule has 1 aromatic carbocycles. The summed E-state index contributed by atoms with van der Waals surface area (Å²) in [5.74, 6) is 0. The van der Waals surface area contributed by atoms with Gasteiger partial charge in [-0.2, -0.15) is 0 Å². The zero-order valence-electron chi connectivity index (χ0n) is 11.5. The molecule has 2 rings (SSSR count). The lowest BCUT2D eigenvalue weighted by Gasteiger charge is -2.16. The second-order valence-electron chi connectivity index (χ2n) is 4.26. The molecule has 1 heterocycles. The minimum atomic E-state index is 0.786. The molecule has 1 aromatic heterocycles. The standard InChI is InChI=1S/C14H17Br2N3S/c1-3-19(4-2)14-18-9-11(20-14)8-17-13-7-10(15)5-6-12(13)16/h5-7,9,17H,3-4,8H2,1-2H3. The molecule has 0 amide bonds. The predicted molar refractivity (Wildman–Crippen MR) is 94.8 cm³/mol. The van der Waals surface area contributed by atoms with Crippen molar-refractivity contribution in [2.75, 3.05) is 23.3 Å². The summed E-state index contributed by atoms with van der Waals surface area (Å²) >= 11 is 8.78. The third-order valence-corrected chi connectivity index (χ3v) is 5.20. The van der Waals surface area contributed by atoms with Crippen LogP contribution >= 0.6 is 43.2 Å². The molecule has 0 radical (unpaired) electrons. The lowest BCUT2D eigenvalue weighted by atomic mass is 10.3. The number of rotatable bonds is 6. The van der Waals surface area contributed by atoms with Crippen molar-refractivity contribution in [2.45, 2.75) is 20.4 Å². The van der Waals surface area contributed by atoms with Crippen LogP contribution in [0.4, 0.5) is 10.8 Å². The highest BCUT2D eigenvalue weighted by Gasteiger charge is 2.08. The predicted octanol–water partition coefficient (Wildman–Crippen LogP) is 5.13. The van der Waals surface area contributed by atoms with E-state index in [4.69, 9.17) is 0 Å². The maximum absolute atomic E-state index is 4.49. The van der Waals surface area contributed by atoms with Crippen molar-refractivity contribution in [3.8, 4) is 0 Å². The van der Waals surface area contributed by atoms with E-state index in [0.29, 0.717) is 0 Å². The van der Waals surface area contributed by atoms with E-state index in [1.807, 2.05) is 18.3 Å². The number of halogens is 2. The number of aromatic nitrogens is 1. The van der Waals surface area contributed by atoms with Crippen LogP contribution < -0.4 is 10.2 Å². The maximum atomic E-state index is 4.49. The van der Waals surface area contributed by atoms with Crippen molar-refractivity contribution in [2.24, 2.45) is 0 Å². The average molecular weight is 419 g/mol. The molecule has 0 saturated carbocycles. The van der Waals surface area contributed by atoms with Crippen LogP contribution in [0, 0.1) is 0 Å². The minimum absolute atomic E-state index is 0.786. The molecule has 20 heavy (non-hydrogen) atoms. The molecule has 0 bridgehead atoms. The fourth-order valence-corrected chi connectivity index (χ4v) is 3.56. The van der Waals surface area contributed by atoms with Gasteiger partial charge < -0.3 is 10.2 Å². The normalized spacial score (nSPS) is 10.6. The first-order valence-corrected chi connectivity index (χ1v) is 8.92. The molecular formula is C14H17Br2N3S. The van der Waals surface area contributed by atoms with E-state index in [1.165, 1.54) is 4.88 Å². The molecule has 1 N–H and O–H groups in total. The number of nitrogens with zero attached hydrogens (tertiary/aromatic N) is 2. The van der Waals surface area contributed by atoms with Crippen molar-refractivity contribution >= 4 is 54.0 Å². The van der Waals surface area contributed by atoms with E-state index in [9.17, 15) is 0 Å². The Morgan fingerprint density at radius 1 is 1.25 bits per heavy atom. The van der Waals surface area contributed by atoms with Crippen molar-refractivity contribution in [1.82, 2.24) is 4.98 Å². The number of hydrogen-bond donors (Lipinski definition) is 1. The lowest BCUT2D eigenvalue weighted by Crippen LogP contribution is -2.21. The molecule has 0 unspecified atom stereocenters.